The lowest BCUT2D eigenvalue weighted by atomic mass is 9.92. The Morgan fingerprint density at radius 3 is 2.14 bits per heavy atom. The molecule has 0 aromatic carbocycles. The van der Waals surface area contributed by atoms with Crippen LogP contribution in [0.2, 0.25) is 0 Å². The Hall–Kier alpha value is -0.0800. The highest BCUT2D eigenvalue weighted by molar-refractivity contribution is 4.80. The van der Waals surface area contributed by atoms with Crippen molar-refractivity contribution in [2.45, 2.75) is 76.0 Å². The summed E-state index contributed by atoms with van der Waals surface area (Å²) < 4.78 is 6.12. The standard InChI is InChI=1S/C12H23NO/c13-11-8-4-5-9-12(11)14-10-6-2-1-3-7-10/h10-12H,1-9,13H2/t11-,12+/m1/s1. The van der Waals surface area contributed by atoms with Gasteiger partial charge in [0.05, 0.1) is 12.2 Å². The van der Waals surface area contributed by atoms with E-state index in [1.807, 2.05) is 0 Å². The van der Waals surface area contributed by atoms with Crippen molar-refractivity contribution in [3.8, 4) is 0 Å². The number of hydrogen-bond acceptors (Lipinski definition) is 2. The van der Waals surface area contributed by atoms with Gasteiger partial charge in [0.15, 0.2) is 0 Å². The fourth-order valence-corrected chi connectivity index (χ4v) is 2.74. The van der Waals surface area contributed by atoms with Gasteiger partial charge in [0, 0.05) is 6.04 Å². The zero-order chi connectivity index (χ0) is 9.80. The van der Waals surface area contributed by atoms with E-state index < -0.39 is 0 Å². The minimum Gasteiger partial charge on any atom is -0.373 e. The van der Waals surface area contributed by atoms with Gasteiger partial charge in [-0.1, -0.05) is 32.1 Å². The van der Waals surface area contributed by atoms with E-state index in [-0.39, 0.29) is 0 Å². The molecule has 0 radical (unpaired) electrons. The van der Waals surface area contributed by atoms with Gasteiger partial charge in [0.2, 0.25) is 0 Å². The molecule has 2 rings (SSSR count). The lowest BCUT2D eigenvalue weighted by molar-refractivity contribution is -0.0538. The molecule has 0 aromatic heterocycles. The predicted octanol–water partition coefficient (Wildman–Crippen LogP) is 2.61. The fourth-order valence-electron chi connectivity index (χ4n) is 2.74. The molecule has 0 aromatic rings. The van der Waals surface area contributed by atoms with Crippen molar-refractivity contribution in [3.05, 3.63) is 0 Å². The van der Waals surface area contributed by atoms with Crippen molar-refractivity contribution in [2.75, 3.05) is 0 Å². The van der Waals surface area contributed by atoms with Gasteiger partial charge >= 0.3 is 0 Å². The van der Waals surface area contributed by atoms with Crippen molar-refractivity contribution in [3.63, 3.8) is 0 Å². The minimum atomic E-state index is 0.311. The lowest BCUT2D eigenvalue weighted by Gasteiger charge is -2.33. The molecule has 2 heteroatoms. The quantitative estimate of drug-likeness (QED) is 0.738. The van der Waals surface area contributed by atoms with Crippen molar-refractivity contribution in [1.29, 1.82) is 0 Å². The van der Waals surface area contributed by atoms with Crippen molar-refractivity contribution < 1.29 is 4.74 Å². The van der Waals surface area contributed by atoms with E-state index in [1.165, 1.54) is 51.4 Å². The summed E-state index contributed by atoms with van der Waals surface area (Å²) in [5.41, 5.74) is 6.07. The molecule has 0 aliphatic heterocycles. The van der Waals surface area contributed by atoms with E-state index in [9.17, 15) is 0 Å². The molecule has 0 bridgehead atoms. The zero-order valence-corrected chi connectivity index (χ0v) is 9.08. The molecular formula is C12H23NO. The van der Waals surface area contributed by atoms with Crippen molar-refractivity contribution >= 4 is 0 Å². The van der Waals surface area contributed by atoms with Crippen LogP contribution < -0.4 is 5.73 Å². The van der Waals surface area contributed by atoms with Crippen LogP contribution in [0, 0.1) is 0 Å². The SMILES string of the molecule is N[C@@H]1CCCC[C@@H]1OC1CCCCC1. The van der Waals surface area contributed by atoms with E-state index >= 15 is 0 Å². The highest BCUT2D eigenvalue weighted by atomic mass is 16.5. The van der Waals surface area contributed by atoms with Gasteiger partial charge in [-0.05, 0) is 25.7 Å². The van der Waals surface area contributed by atoms with Gasteiger partial charge in [-0.15, -0.1) is 0 Å². The number of nitrogens with two attached hydrogens (primary N) is 1. The molecule has 0 unspecified atom stereocenters. The molecular weight excluding hydrogens is 174 g/mol. The Morgan fingerprint density at radius 1 is 0.786 bits per heavy atom. The Balaban J connectivity index is 1.76. The van der Waals surface area contributed by atoms with Gasteiger partial charge in [-0.2, -0.15) is 0 Å². The normalized spacial score (nSPS) is 35.8. The molecule has 0 saturated heterocycles. The lowest BCUT2D eigenvalue weighted by Crippen LogP contribution is -2.41. The van der Waals surface area contributed by atoms with Crippen LogP contribution in [0.4, 0.5) is 0 Å². The van der Waals surface area contributed by atoms with E-state index in [2.05, 4.69) is 0 Å². The van der Waals surface area contributed by atoms with Crippen LogP contribution in [0.1, 0.15) is 57.8 Å². The van der Waals surface area contributed by atoms with Crippen LogP contribution in [-0.2, 0) is 4.74 Å². The fraction of sp³-hybridized carbons (Fsp3) is 1.00. The maximum absolute atomic E-state index is 6.12. The largest absolute Gasteiger partial charge is 0.373 e. The van der Waals surface area contributed by atoms with E-state index in [1.54, 1.807) is 0 Å². The van der Waals surface area contributed by atoms with Crippen molar-refractivity contribution in [1.82, 2.24) is 0 Å². The van der Waals surface area contributed by atoms with Gasteiger partial charge in [0.25, 0.3) is 0 Å². The van der Waals surface area contributed by atoms with Gasteiger partial charge in [0.1, 0.15) is 0 Å². The number of rotatable bonds is 2. The Bertz CT molecular complexity index is 166. The smallest absolute Gasteiger partial charge is 0.0729 e. The monoisotopic (exact) mass is 197 g/mol. The van der Waals surface area contributed by atoms with Crippen LogP contribution in [0.5, 0.6) is 0 Å². The molecule has 2 saturated carbocycles. The van der Waals surface area contributed by atoms with Crippen molar-refractivity contribution in [2.24, 2.45) is 5.73 Å². The third-order valence-corrected chi connectivity index (χ3v) is 3.67. The molecule has 2 N–H and O–H groups in total. The van der Waals surface area contributed by atoms with E-state index in [0.717, 1.165) is 6.42 Å². The van der Waals surface area contributed by atoms with Crippen LogP contribution in [0.25, 0.3) is 0 Å². The summed E-state index contributed by atoms with van der Waals surface area (Å²) in [5, 5.41) is 0. The maximum atomic E-state index is 6.12. The Labute approximate surface area is 87.2 Å². The molecule has 0 amide bonds. The van der Waals surface area contributed by atoms with Crippen LogP contribution in [0.3, 0.4) is 0 Å². The summed E-state index contributed by atoms with van der Waals surface area (Å²) in [6.45, 7) is 0. The topological polar surface area (TPSA) is 35.2 Å². The molecule has 2 aliphatic carbocycles. The highest BCUT2D eigenvalue weighted by Gasteiger charge is 2.26. The maximum Gasteiger partial charge on any atom is 0.0729 e. The first-order valence-corrected chi connectivity index (χ1v) is 6.27. The summed E-state index contributed by atoms with van der Waals surface area (Å²) in [4.78, 5) is 0. The third-order valence-electron chi connectivity index (χ3n) is 3.67. The Morgan fingerprint density at radius 2 is 1.43 bits per heavy atom. The number of hydrogen-bond donors (Lipinski definition) is 1. The molecule has 2 fully saturated rings. The first-order valence-electron chi connectivity index (χ1n) is 6.27. The average Bonchev–Trinajstić information content (AvgIpc) is 2.23. The summed E-state index contributed by atoms with van der Waals surface area (Å²) in [6, 6.07) is 0.311. The summed E-state index contributed by atoms with van der Waals surface area (Å²) in [6.07, 6.45) is 12.5. The summed E-state index contributed by atoms with van der Waals surface area (Å²) >= 11 is 0. The zero-order valence-electron chi connectivity index (χ0n) is 9.08. The van der Waals surface area contributed by atoms with Crippen LogP contribution in [-0.4, -0.2) is 18.2 Å². The molecule has 0 spiro atoms. The van der Waals surface area contributed by atoms with Gasteiger partial charge < -0.3 is 10.5 Å². The number of ether oxygens (including phenoxy) is 1. The van der Waals surface area contributed by atoms with E-state index in [0.29, 0.717) is 18.2 Å². The predicted molar refractivity (Wildman–Crippen MR) is 58.2 cm³/mol. The molecule has 82 valence electrons. The first kappa shape index (κ1) is 10.4. The molecule has 2 atom stereocenters. The molecule has 0 heterocycles. The van der Waals surface area contributed by atoms with Gasteiger partial charge in [-0.25, -0.2) is 0 Å². The second-order valence-corrected chi connectivity index (χ2v) is 4.88. The van der Waals surface area contributed by atoms with Crippen LogP contribution in [0.15, 0.2) is 0 Å². The summed E-state index contributed by atoms with van der Waals surface area (Å²) in [7, 11) is 0. The molecule has 14 heavy (non-hydrogen) atoms. The van der Waals surface area contributed by atoms with E-state index in [4.69, 9.17) is 10.5 Å². The highest BCUT2D eigenvalue weighted by Crippen LogP contribution is 2.26. The second-order valence-electron chi connectivity index (χ2n) is 4.88. The molecule has 2 aliphatic rings. The second kappa shape index (κ2) is 5.13. The van der Waals surface area contributed by atoms with Crippen LogP contribution >= 0.6 is 0 Å². The molecule has 2 nitrogen and oxygen atoms in total. The Kier molecular flexibility index (Phi) is 3.82. The minimum absolute atomic E-state index is 0.311. The average molecular weight is 197 g/mol. The third kappa shape index (κ3) is 2.71. The summed E-state index contributed by atoms with van der Waals surface area (Å²) in [5.74, 6) is 0. The van der Waals surface area contributed by atoms with Gasteiger partial charge in [-0.3, -0.25) is 0 Å². The first-order chi connectivity index (χ1) is 6.86.